The van der Waals surface area contributed by atoms with Crippen molar-refractivity contribution in [3.05, 3.63) is 90.1 Å². The summed E-state index contributed by atoms with van der Waals surface area (Å²) in [4.78, 5) is 33.2. The number of nitrogens with zero attached hydrogens (tertiary/aromatic N) is 2. The number of ether oxygens (including phenoxy) is 1. The third-order valence-electron chi connectivity index (χ3n) is 8.62. The Morgan fingerprint density at radius 3 is 2.62 bits per heavy atom. The molecular formula is C31H29Br2ClN2O3. The molecule has 0 radical (unpaired) electrons. The maximum atomic E-state index is 13.3. The van der Waals surface area contributed by atoms with Crippen LogP contribution in [0.25, 0.3) is 0 Å². The van der Waals surface area contributed by atoms with Crippen molar-refractivity contribution in [2.45, 2.75) is 44.4 Å². The fraction of sp³-hybridized carbons (Fsp3) is 0.387. The van der Waals surface area contributed by atoms with E-state index >= 15 is 0 Å². The normalized spacial score (nSPS) is 20.7. The molecule has 8 heteroatoms. The van der Waals surface area contributed by atoms with E-state index in [1.165, 1.54) is 16.7 Å². The summed E-state index contributed by atoms with van der Waals surface area (Å²) in [5.41, 5.74) is 6.65. The van der Waals surface area contributed by atoms with Gasteiger partial charge in [0.2, 0.25) is 5.91 Å². The van der Waals surface area contributed by atoms with E-state index < -0.39 is 0 Å². The third kappa shape index (κ3) is 5.18. The summed E-state index contributed by atoms with van der Waals surface area (Å²) in [6.07, 6.45) is 6.36. The number of aryl methyl sites for hydroxylation is 2. The number of aromatic nitrogens is 1. The molecule has 2 aromatic carbocycles. The van der Waals surface area contributed by atoms with Gasteiger partial charge in [0.25, 0.3) is 0 Å². The van der Waals surface area contributed by atoms with Gasteiger partial charge in [0, 0.05) is 57.1 Å². The Morgan fingerprint density at radius 2 is 1.85 bits per heavy atom. The first-order chi connectivity index (χ1) is 18.8. The van der Waals surface area contributed by atoms with E-state index in [-0.39, 0.29) is 29.9 Å². The number of hydrogen-bond donors (Lipinski definition) is 0. The predicted molar refractivity (Wildman–Crippen MR) is 159 cm³/mol. The summed E-state index contributed by atoms with van der Waals surface area (Å²) in [7, 11) is 1.62. The standard InChI is InChI=1S/C31H29Br2ClN2O3/c1-39-24-4-5-25-20(13-24)10-21(31(25)38)14-27(37)36-8-6-17(7-9-36)29-28-18(12-23(34)15-26(28)33)2-3-19-11-22(32)16-35-30(19)29/h4-5,11-13,15-17,21,29H,2-3,6-10,14H2,1H3. The molecule has 2 unspecified atom stereocenters. The maximum absolute atomic E-state index is 13.3. The first kappa shape index (κ1) is 27.0. The van der Waals surface area contributed by atoms with E-state index in [1.807, 2.05) is 35.4 Å². The molecule has 5 nitrogen and oxygen atoms in total. The maximum Gasteiger partial charge on any atom is 0.223 e. The van der Waals surface area contributed by atoms with E-state index in [9.17, 15) is 9.59 Å². The van der Waals surface area contributed by atoms with E-state index in [2.05, 4.69) is 44.0 Å². The van der Waals surface area contributed by atoms with E-state index in [1.54, 1.807) is 7.11 Å². The van der Waals surface area contributed by atoms with E-state index in [0.717, 1.165) is 62.2 Å². The monoisotopic (exact) mass is 670 g/mol. The number of halogens is 3. The average molecular weight is 673 g/mol. The van der Waals surface area contributed by atoms with Crippen molar-refractivity contribution in [2.24, 2.45) is 11.8 Å². The summed E-state index contributed by atoms with van der Waals surface area (Å²) in [5.74, 6) is 1.08. The molecule has 0 saturated carbocycles. The molecule has 202 valence electrons. The summed E-state index contributed by atoms with van der Waals surface area (Å²) in [6.45, 7) is 1.38. The van der Waals surface area contributed by atoms with Crippen molar-refractivity contribution in [3.8, 4) is 5.75 Å². The lowest BCUT2D eigenvalue weighted by molar-refractivity contribution is -0.133. The quantitative estimate of drug-likeness (QED) is 0.295. The van der Waals surface area contributed by atoms with Gasteiger partial charge in [-0.05, 0) is 113 Å². The molecule has 1 amide bonds. The summed E-state index contributed by atoms with van der Waals surface area (Å²) >= 11 is 13.9. The highest BCUT2D eigenvalue weighted by Crippen LogP contribution is 2.46. The topological polar surface area (TPSA) is 59.5 Å². The summed E-state index contributed by atoms with van der Waals surface area (Å²) < 4.78 is 7.34. The highest BCUT2D eigenvalue weighted by atomic mass is 79.9. The number of likely N-dealkylation sites (tertiary alicyclic amines) is 1. The summed E-state index contributed by atoms with van der Waals surface area (Å²) in [6, 6.07) is 11.8. The van der Waals surface area contributed by atoms with Gasteiger partial charge in [-0.25, -0.2) is 0 Å². The molecule has 6 rings (SSSR count). The van der Waals surface area contributed by atoms with Crippen molar-refractivity contribution in [1.82, 2.24) is 9.88 Å². The lowest BCUT2D eigenvalue weighted by Crippen LogP contribution is -2.41. The number of amides is 1. The van der Waals surface area contributed by atoms with Crippen molar-refractivity contribution in [2.75, 3.05) is 20.2 Å². The second-order valence-corrected chi connectivity index (χ2v) is 13.1. The van der Waals surface area contributed by atoms with Crippen molar-refractivity contribution in [3.63, 3.8) is 0 Å². The van der Waals surface area contributed by atoms with Gasteiger partial charge in [-0.1, -0.05) is 27.5 Å². The minimum absolute atomic E-state index is 0.0725. The zero-order valence-electron chi connectivity index (χ0n) is 21.7. The van der Waals surface area contributed by atoms with Crippen LogP contribution >= 0.6 is 43.5 Å². The van der Waals surface area contributed by atoms with Crippen LogP contribution in [0, 0.1) is 11.8 Å². The van der Waals surface area contributed by atoms with Crippen LogP contribution in [0.1, 0.15) is 63.5 Å². The number of Topliss-reactive ketones (excluding diaryl/α,β-unsaturated/α-hetero) is 1. The Bertz CT molecular complexity index is 1470. The first-order valence-corrected chi connectivity index (χ1v) is 15.4. The molecule has 0 bridgehead atoms. The number of ketones is 1. The highest BCUT2D eigenvalue weighted by molar-refractivity contribution is 9.10. The predicted octanol–water partition coefficient (Wildman–Crippen LogP) is 7.18. The number of carbonyl (C=O) groups excluding carboxylic acids is 2. The molecule has 0 spiro atoms. The van der Waals surface area contributed by atoms with Crippen LogP contribution in [0.15, 0.2) is 51.5 Å². The zero-order chi connectivity index (χ0) is 27.3. The van der Waals surface area contributed by atoms with Crippen LogP contribution < -0.4 is 4.74 Å². The first-order valence-electron chi connectivity index (χ1n) is 13.4. The molecule has 1 fully saturated rings. The van der Waals surface area contributed by atoms with Gasteiger partial charge >= 0.3 is 0 Å². The van der Waals surface area contributed by atoms with Crippen molar-refractivity contribution >= 4 is 55.2 Å². The van der Waals surface area contributed by atoms with Gasteiger partial charge in [0.15, 0.2) is 5.78 Å². The summed E-state index contributed by atoms with van der Waals surface area (Å²) in [5, 5.41) is 0.738. The lowest BCUT2D eigenvalue weighted by atomic mass is 9.76. The molecule has 1 saturated heterocycles. The zero-order valence-corrected chi connectivity index (χ0v) is 25.6. The number of pyridine rings is 1. The molecule has 2 aliphatic carbocycles. The Hall–Kier alpha value is -2.22. The van der Waals surface area contributed by atoms with Crippen LogP contribution in [0.5, 0.6) is 5.75 Å². The number of fused-ring (bicyclic) bond motifs is 3. The molecule has 39 heavy (non-hydrogen) atoms. The van der Waals surface area contributed by atoms with Gasteiger partial charge in [-0.15, -0.1) is 0 Å². The Balaban J connectivity index is 1.19. The number of hydrogen-bond acceptors (Lipinski definition) is 4. The van der Waals surface area contributed by atoms with E-state index in [4.69, 9.17) is 21.3 Å². The third-order valence-corrected chi connectivity index (χ3v) is 9.93. The van der Waals surface area contributed by atoms with Gasteiger partial charge in [0.05, 0.1) is 12.8 Å². The number of methoxy groups -OCH3 is 1. The Kier molecular flexibility index (Phi) is 7.60. The van der Waals surface area contributed by atoms with Crippen LogP contribution in [-0.4, -0.2) is 41.8 Å². The van der Waals surface area contributed by atoms with Gasteiger partial charge in [-0.3, -0.25) is 14.6 Å². The van der Waals surface area contributed by atoms with Crippen LogP contribution in [-0.2, 0) is 24.1 Å². The smallest absolute Gasteiger partial charge is 0.223 e. The number of benzene rings is 2. The van der Waals surface area contributed by atoms with Gasteiger partial charge in [0.1, 0.15) is 5.75 Å². The average Bonchev–Trinajstić information content (AvgIpc) is 3.13. The Morgan fingerprint density at radius 1 is 1.08 bits per heavy atom. The molecule has 2 heterocycles. The number of carbonyl (C=O) groups is 2. The van der Waals surface area contributed by atoms with Gasteiger partial charge in [-0.2, -0.15) is 0 Å². The SMILES string of the molecule is COc1ccc2c(c1)CC(CC(=O)N1CCC(C3c4ncc(Br)cc4CCc4cc(Cl)cc(Br)c43)CC1)C2=O. The second-order valence-electron chi connectivity index (χ2n) is 10.8. The largest absolute Gasteiger partial charge is 0.497 e. The number of rotatable bonds is 4. The molecule has 3 aromatic rings. The molecule has 1 aromatic heterocycles. The fourth-order valence-corrected chi connectivity index (χ4v) is 8.20. The molecule has 2 atom stereocenters. The van der Waals surface area contributed by atoms with Crippen LogP contribution in [0.3, 0.4) is 0 Å². The van der Waals surface area contributed by atoms with Crippen LogP contribution in [0.4, 0.5) is 0 Å². The molecule has 0 N–H and O–H groups in total. The van der Waals surface area contributed by atoms with Crippen LogP contribution in [0.2, 0.25) is 5.02 Å². The fourth-order valence-electron chi connectivity index (χ4n) is 6.70. The van der Waals surface area contributed by atoms with Crippen molar-refractivity contribution in [1.29, 1.82) is 0 Å². The highest BCUT2D eigenvalue weighted by Gasteiger charge is 2.38. The van der Waals surface area contributed by atoms with E-state index in [0.29, 0.717) is 25.4 Å². The minimum atomic E-state index is -0.290. The molecule has 3 aliphatic rings. The minimum Gasteiger partial charge on any atom is -0.497 e. The van der Waals surface area contributed by atoms with Crippen molar-refractivity contribution < 1.29 is 14.3 Å². The van der Waals surface area contributed by atoms with Gasteiger partial charge < -0.3 is 9.64 Å². The number of piperidine rings is 1. The Labute approximate surface area is 250 Å². The second kappa shape index (κ2) is 11.0. The lowest BCUT2D eigenvalue weighted by Gasteiger charge is -2.37. The molecular weight excluding hydrogens is 644 g/mol. The molecule has 1 aliphatic heterocycles.